The topological polar surface area (TPSA) is 61.8 Å². The summed E-state index contributed by atoms with van der Waals surface area (Å²) in [6.07, 6.45) is -4.56. The van der Waals surface area contributed by atoms with Crippen molar-refractivity contribution in [2.24, 2.45) is 0 Å². The van der Waals surface area contributed by atoms with Crippen molar-refractivity contribution in [3.8, 4) is 5.75 Å². The molecule has 1 aromatic heterocycles. The number of nitrogens with zero attached hydrogens (tertiary/aromatic N) is 5. The molecule has 162 valence electrons. The first-order chi connectivity index (χ1) is 14.1. The number of hydrogen-bond donors (Lipinski definition) is 0. The molecule has 0 atom stereocenters. The van der Waals surface area contributed by atoms with Gasteiger partial charge in [-0.05, 0) is 24.6 Å². The number of anilines is 2. The molecule has 1 amide bonds. The van der Waals surface area contributed by atoms with Crippen LogP contribution in [0, 0.1) is 6.92 Å². The van der Waals surface area contributed by atoms with Gasteiger partial charge < -0.3 is 19.4 Å². The first kappa shape index (κ1) is 21.7. The number of methoxy groups -OCH3 is 1. The van der Waals surface area contributed by atoms with Crippen molar-refractivity contribution in [2.75, 3.05) is 57.2 Å². The zero-order valence-electron chi connectivity index (χ0n) is 17.3. The molecule has 3 rings (SSSR count). The molecule has 1 aliphatic heterocycles. The maximum atomic E-state index is 13.2. The van der Waals surface area contributed by atoms with Crippen molar-refractivity contribution in [1.82, 2.24) is 14.9 Å². The zero-order valence-corrected chi connectivity index (χ0v) is 17.3. The second-order valence-corrected chi connectivity index (χ2v) is 7.27. The van der Waals surface area contributed by atoms with Crippen LogP contribution in [0.2, 0.25) is 0 Å². The van der Waals surface area contributed by atoms with Gasteiger partial charge >= 0.3 is 6.18 Å². The van der Waals surface area contributed by atoms with Crippen molar-refractivity contribution in [3.05, 3.63) is 41.1 Å². The van der Waals surface area contributed by atoms with E-state index in [0.717, 1.165) is 11.6 Å². The number of ether oxygens (including phenoxy) is 1. The number of aromatic nitrogens is 2. The Morgan fingerprint density at radius 3 is 2.33 bits per heavy atom. The van der Waals surface area contributed by atoms with Crippen LogP contribution in [0.15, 0.2) is 24.3 Å². The highest BCUT2D eigenvalue weighted by Gasteiger charge is 2.35. The van der Waals surface area contributed by atoms with Crippen LogP contribution in [0.25, 0.3) is 0 Å². The number of carbonyl (C=O) groups excluding carboxylic acids is 1. The summed E-state index contributed by atoms with van der Waals surface area (Å²) in [6, 6.07) is 6.19. The van der Waals surface area contributed by atoms with Crippen LogP contribution in [0.4, 0.5) is 24.9 Å². The first-order valence-electron chi connectivity index (χ1n) is 9.42. The van der Waals surface area contributed by atoms with E-state index in [-0.39, 0.29) is 17.7 Å². The third-order valence-electron chi connectivity index (χ3n) is 4.95. The number of rotatable bonds is 4. The molecule has 1 saturated heterocycles. The number of amides is 1. The Balaban J connectivity index is 1.75. The highest BCUT2D eigenvalue weighted by atomic mass is 19.4. The Hall–Kier alpha value is -3.04. The second-order valence-electron chi connectivity index (χ2n) is 7.27. The van der Waals surface area contributed by atoms with E-state index < -0.39 is 11.9 Å². The van der Waals surface area contributed by atoms with Crippen molar-refractivity contribution in [3.63, 3.8) is 0 Å². The van der Waals surface area contributed by atoms with Crippen LogP contribution < -0.4 is 14.5 Å². The monoisotopic (exact) mass is 423 g/mol. The fourth-order valence-corrected chi connectivity index (χ4v) is 3.18. The quantitative estimate of drug-likeness (QED) is 0.754. The van der Waals surface area contributed by atoms with Gasteiger partial charge in [-0.1, -0.05) is 6.07 Å². The van der Waals surface area contributed by atoms with E-state index in [2.05, 4.69) is 9.97 Å². The smallest absolute Gasteiger partial charge is 0.433 e. The van der Waals surface area contributed by atoms with E-state index in [1.54, 1.807) is 43.1 Å². The Labute approximate surface area is 173 Å². The number of carbonyl (C=O) groups is 1. The van der Waals surface area contributed by atoms with E-state index in [0.29, 0.717) is 37.5 Å². The highest BCUT2D eigenvalue weighted by Crippen LogP contribution is 2.31. The third kappa shape index (κ3) is 4.58. The predicted octanol–water partition coefficient (Wildman–Crippen LogP) is 2.84. The molecule has 7 nitrogen and oxygen atoms in total. The van der Waals surface area contributed by atoms with Crippen molar-refractivity contribution >= 4 is 17.7 Å². The van der Waals surface area contributed by atoms with Gasteiger partial charge in [0.05, 0.1) is 7.11 Å². The molecule has 1 aliphatic rings. The molecule has 2 heterocycles. The van der Waals surface area contributed by atoms with E-state index in [1.165, 1.54) is 4.90 Å². The van der Waals surface area contributed by atoms with Gasteiger partial charge in [-0.2, -0.15) is 18.2 Å². The molecule has 30 heavy (non-hydrogen) atoms. The Morgan fingerprint density at radius 2 is 1.77 bits per heavy atom. The van der Waals surface area contributed by atoms with Crippen molar-refractivity contribution in [2.45, 2.75) is 13.1 Å². The summed E-state index contributed by atoms with van der Waals surface area (Å²) < 4.78 is 45.0. The molecule has 0 unspecified atom stereocenters. The third-order valence-corrected chi connectivity index (χ3v) is 4.95. The van der Waals surface area contributed by atoms with Gasteiger partial charge in [0.1, 0.15) is 11.6 Å². The van der Waals surface area contributed by atoms with Gasteiger partial charge in [-0.3, -0.25) is 4.79 Å². The lowest BCUT2D eigenvalue weighted by atomic mass is 10.1. The average Bonchev–Trinajstić information content (AvgIpc) is 2.72. The SMILES string of the molecule is COc1cc(C(=O)N2CCN(c3nc(N(C)C)cc(C(F)(F)F)n3)CC2)ccc1C. The molecule has 0 saturated carbocycles. The molecule has 0 bridgehead atoms. The second kappa shape index (κ2) is 8.37. The van der Waals surface area contributed by atoms with Crippen LogP contribution in [0.5, 0.6) is 5.75 Å². The summed E-state index contributed by atoms with van der Waals surface area (Å²) in [4.78, 5) is 25.6. The summed E-state index contributed by atoms with van der Waals surface area (Å²) in [5, 5.41) is 0. The average molecular weight is 423 g/mol. The zero-order chi connectivity index (χ0) is 22.1. The fraction of sp³-hybridized carbons (Fsp3) is 0.450. The summed E-state index contributed by atoms with van der Waals surface area (Å²) in [5.74, 6) is 0.676. The number of aryl methyl sites for hydroxylation is 1. The molecule has 0 spiro atoms. The maximum Gasteiger partial charge on any atom is 0.433 e. The van der Waals surface area contributed by atoms with E-state index in [1.807, 2.05) is 13.0 Å². The first-order valence-corrected chi connectivity index (χ1v) is 9.42. The number of alkyl halides is 3. The number of piperazine rings is 1. The van der Waals surface area contributed by atoms with Gasteiger partial charge in [0.2, 0.25) is 5.95 Å². The molecule has 0 radical (unpaired) electrons. The lowest BCUT2D eigenvalue weighted by Crippen LogP contribution is -2.49. The van der Waals surface area contributed by atoms with Gasteiger partial charge in [-0.15, -0.1) is 0 Å². The van der Waals surface area contributed by atoms with E-state index in [4.69, 9.17) is 4.74 Å². The minimum absolute atomic E-state index is 0.0117. The van der Waals surface area contributed by atoms with Gasteiger partial charge in [0, 0.05) is 51.9 Å². The number of halogens is 3. The minimum Gasteiger partial charge on any atom is -0.496 e. The summed E-state index contributed by atoms with van der Waals surface area (Å²) in [5.41, 5.74) is 0.454. The summed E-state index contributed by atoms with van der Waals surface area (Å²) in [6.45, 7) is 3.27. The summed E-state index contributed by atoms with van der Waals surface area (Å²) >= 11 is 0. The predicted molar refractivity (Wildman–Crippen MR) is 107 cm³/mol. The standard InChI is InChI=1S/C20H24F3N5O2/c1-13-5-6-14(11-15(13)30-4)18(29)27-7-9-28(10-8-27)19-24-16(20(21,22)23)12-17(25-19)26(2)3/h5-6,11-12H,7-10H2,1-4H3. The fourth-order valence-electron chi connectivity index (χ4n) is 3.18. The normalized spacial score (nSPS) is 14.6. The van der Waals surface area contributed by atoms with Crippen LogP contribution in [0.1, 0.15) is 21.6 Å². The molecule has 1 aromatic carbocycles. The highest BCUT2D eigenvalue weighted by molar-refractivity contribution is 5.95. The number of benzene rings is 1. The molecule has 1 fully saturated rings. The van der Waals surface area contributed by atoms with Crippen molar-refractivity contribution in [1.29, 1.82) is 0 Å². The molecule has 10 heteroatoms. The maximum absolute atomic E-state index is 13.2. The van der Waals surface area contributed by atoms with Gasteiger partial charge in [-0.25, -0.2) is 4.98 Å². The van der Waals surface area contributed by atoms with Crippen LogP contribution in [0.3, 0.4) is 0 Å². The molecule has 2 aromatic rings. The Morgan fingerprint density at radius 1 is 1.10 bits per heavy atom. The van der Waals surface area contributed by atoms with Crippen LogP contribution in [-0.2, 0) is 6.18 Å². The van der Waals surface area contributed by atoms with E-state index in [9.17, 15) is 18.0 Å². The van der Waals surface area contributed by atoms with Crippen LogP contribution >= 0.6 is 0 Å². The number of hydrogen-bond acceptors (Lipinski definition) is 6. The van der Waals surface area contributed by atoms with Crippen molar-refractivity contribution < 1.29 is 22.7 Å². The lowest BCUT2D eigenvalue weighted by Gasteiger charge is -2.35. The van der Waals surface area contributed by atoms with Gasteiger partial charge in [0.25, 0.3) is 5.91 Å². The molecular formula is C20H24F3N5O2. The van der Waals surface area contributed by atoms with Crippen LogP contribution in [-0.4, -0.2) is 68.2 Å². The Bertz CT molecular complexity index is 925. The largest absolute Gasteiger partial charge is 0.496 e. The molecule has 0 aliphatic carbocycles. The Kier molecular flexibility index (Phi) is 6.04. The lowest BCUT2D eigenvalue weighted by molar-refractivity contribution is -0.141. The summed E-state index contributed by atoms with van der Waals surface area (Å²) in [7, 11) is 4.80. The van der Waals surface area contributed by atoms with E-state index >= 15 is 0 Å². The minimum atomic E-state index is -4.56. The van der Waals surface area contributed by atoms with Gasteiger partial charge in [0.15, 0.2) is 5.69 Å². The molecular weight excluding hydrogens is 399 g/mol. The molecule has 0 N–H and O–H groups in total.